The summed E-state index contributed by atoms with van der Waals surface area (Å²) in [6.07, 6.45) is 2.39. The van der Waals surface area contributed by atoms with Crippen molar-refractivity contribution in [1.82, 2.24) is 19.5 Å². The number of rotatable bonds is 12. The molecule has 4 aromatic carbocycles. The Morgan fingerprint density at radius 2 is 1.43 bits per heavy atom. The van der Waals surface area contributed by atoms with Crippen LogP contribution in [0.15, 0.2) is 133 Å². The van der Waals surface area contributed by atoms with Gasteiger partial charge in [-0.1, -0.05) is 133 Å². The van der Waals surface area contributed by atoms with Crippen LogP contribution in [0.1, 0.15) is 69.3 Å². The van der Waals surface area contributed by atoms with Crippen LogP contribution in [0.5, 0.6) is 0 Å². The Morgan fingerprint density at radius 1 is 0.845 bits per heavy atom. The molecule has 10 nitrogen and oxygen atoms in total. The average molecular weight is 796 g/mol. The van der Waals surface area contributed by atoms with Gasteiger partial charge in [-0.2, -0.15) is 0 Å². The molecule has 0 spiro atoms. The molecule has 0 radical (unpaired) electrons. The predicted octanol–water partition coefficient (Wildman–Crippen LogP) is 9.60. The van der Waals surface area contributed by atoms with E-state index < -0.39 is 23.1 Å². The number of aromatic nitrogens is 4. The van der Waals surface area contributed by atoms with Gasteiger partial charge in [0, 0.05) is 11.2 Å². The molecule has 3 aliphatic rings. The van der Waals surface area contributed by atoms with E-state index in [9.17, 15) is 4.79 Å². The minimum absolute atomic E-state index is 0.141. The van der Waals surface area contributed by atoms with Crippen LogP contribution in [0, 0.1) is 11.3 Å². The number of benzene rings is 4. The molecule has 1 saturated heterocycles. The van der Waals surface area contributed by atoms with Crippen molar-refractivity contribution in [3.05, 3.63) is 150 Å². The van der Waals surface area contributed by atoms with Crippen LogP contribution in [0.2, 0.25) is 0 Å². The molecule has 2 aromatic heterocycles. The highest BCUT2D eigenvalue weighted by atomic mass is 32.2. The second kappa shape index (κ2) is 14.9. The van der Waals surface area contributed by atoms with Crippen molar-refractivity contribution < 1.29 is 23.7 Å². The summed E-state index contributed by atoms with van der Waals surface area (Å²) in [7, 11) is 0. The fourth-order valence-corrected chi connectivity index (χ4v) is 9.86. The third kappa shape index (κ3) is 7.19. The first-order valence-corrected chi connectivity index (χ1v) is 21.0. The summed E-state index contributed by atoms with van der Waals surface area (Å²) in [6, 6.07) is 41.6. The lowest BCUT2D eigenvalue weighted by atomic mass is 9.80. The molecule has 1 amide bonds. The molecule has 3 fully saturated rings. The van der Waals surface area contributed by atoms with E-state index in [1.807, 2.05) is 77.3 Å². The number of fused-ring (bicyclic) bond motifs is 4. The highest BCUT2D eigenvalue weighted by molar-refractivity contribution is 7.99. The number of carbonyl (C=O) groups excluding carboxylic acids is 1. The van der Waals surface area contributed by atoms with Gasteiger partial charge in [0.1, 0.15) is 17.3 Å². The summed E-state index contributed by atoms with van der Waals surface area (Å²) in [5.74, 6) is 0.394. The Bertz CT molecular complexity index is 2290. The van der Waals surface area contributed by atoms with E-state index in [0.29, 0.717) is 28.7 Å². The predicted molar refractivity (Wildman–Crippen MR) is 225 cm³/mol. The monoisotopic (exact) mass is 795 g/mol. The normalized spacial score (nSPS) is 23.3. The molecule has 5 atom stereocenters. The number of nitrogens with one attached hydrogen (secondary N) is 1. The molecular weight excluding hydrogens is 747 g/mol. The minimum atomic E-state index is -0.878. The Kier molecular flexibility index (Phi) is 9.91. The zero-order valence-corrected chi connectivity index (χ0v) is 34.3. The number of anilines is 1. The smallest absolute Gasteiger partial charge is 0.413 e. The van der Waals surface area contributed by atoms with Crippen molar-refractivity contribution in [2.45, 2.75) is 87.9 Å². The molecule has 1 aliphatic heterocycles. The van der Waals surface area contributed by atoms with E-state index in [-0.39, 0.29) is 29.6 Å². The van der Waals surface area contributed by atoms with Crippen LogP contribution in [0.25, 0.3) is 11.2 Å². The summed E-state index contributed by atoms with van der Waals surface area (Å²) in [5, 5.41) is 3.43. The number of amides is 1. The average Bonchev–Trinajstić information content (AvgIpc) is 3.47. The Hall–Kier alpha value is -5.07. The van der Waals surface area contributed by atoms with Gasteiger partial charge < -0.3 is 23.5 Å². The molecule has 3 heterocycles. The summed E-state index contributed by atoms with van der Waals surface area (Å²) in [4.78, 5) is 27.9. The SMILES string of the molecule is CC(C)(C)OC(=O)Nc1nc(SCCc2ccccc2)nc2c1ncn2[C@H]1[C@@H]2OC(C)(C)O[C@@H]2[C@]2(COC(c3ccccc3)(c3ccccc3)c3ccccc3)C[C@H]12. The van der Waals surface area contributed by atoms with Crippen LogP contribution in [-0.4, -0.2) is 61.6 Å². The first-order valence-electron chi connectivity index (χ1n) is 20.0. The Balaban J connectivity index is 1.09. The summed E-state index contributed by atoms with van der Waals surface area (Å²) < 4.78 is 28.9. The van der Waals surface area contributed by atoms with Gasteiger partial charge in [-0.15, -0.1) is 0 Å². The molecule has 9 rings (SSSR count). The second-order valence-corrected chi connectivity index (χ2v) is 18.1. The van der Waals surface area contributed by atoms with Crippen LogP contribution in [0.4, 0.5) is 10.6 Å². The van der Waals surface area contributed by atoms with Gasteiger partial charge in [0.25, 0.3) is 0 Å². The topological polar surface area (TPSA) is 110 Å². The third-order valence-corrected chi connectivity index (χ3v) is 12.4. The number of thioether (sulfide) groups is 1. The van der Waals surface area contributed by atoms with E-state index in [0.717, 1.165) is 35.3 Å². The van der Waals surface area contributed by atoms with E-state index in [2.05, 4.69) is 94.8 Å². The molecule has 298 valence electrons. The van der Waals surface area contributed by atoms with Gasteiger partial charge in [0.2, 0.25) is 0 Å². The summed E-state index contributed by atoms with van der Waals surface area (Å²) >= 11 is 1.54. The van der Waals surface area contributed by atoms with Crippen LogP contribution in [-0.2, 0) is 31.0 Å². The van der Waals surface area contributed by atoms with Gasteiger partial charge in [0.05, 0.1) is 25.1 Å². The highest BCUT2D eigenvalue weighted by Gasteiger charge is 2.76. The molecule has 2 saturated carbocycles. The molecule has 0 unspecified atom stereocenters. The van der Waals surface area contributed by atoms with Crippen LogP contribution < -0.4 is 5.32 Å². The fraction of sp³-hybridized carbons (Fsp3) is 0.362. The van der Waals surface area contributed by atoms with Crippen molar-refractivity contribution in [3.8, 4) is 0 Å². The summed E-state index contributed by atoms with van der Waals surface area (Å²) in [6.45, 7) is 9.89. The number of hydrogen-bond donors (Lipinski definition) is 1. The summed E-state index contributed by atoms with van der Waals surface area (Å²) in [5.41, 5.74) is 3.58. The highest BCUT2D eigenvalue weighted by Crippen LogP contribution is 2.72. The number of hydrogen-bond acceptors (Lipinski definition) is 9. The van der Waals surface area contributed by atoms with Crippen molar-refractivity contribution in [2.24, 2.45) is 11.3 Å². The van der Waals surface area contributed by atoms with E-state index in [1.165, 1.54) is 5.56 Å². The van der Waals surface area contributed by atoms with Gasteiger partial charge in [0.15, 0.2) is 27.9 Å². The van der Waals surface area contributed by atoms with Crippen molar-refractivity contribution in [3.63, 3.8) is 0 Å². The molecule has 6 aromatic rings. The van der Waals surface area contributed by atoms with Crippen molar-refractivity contribution in [1.29, 1.82) is 0 Å². The minimum Gasteiger partial charge on any atom is -0.444 e. The number of aryl methyl sites for hydroxylation is 1. The number of ether oxygens (including phenoxy) is 4. The van der Waals surface area contributed by atoms with Crippen LogP contribution >= 0.6 is 11.8 Å². The quantitative estimate of drug-likeness (QED) is 0.0736. The molecule has 2 aliphatic carbocycles. The second-order valence-electron chi connectivity index (χ2n) is 17.0. The lowest BCUT2D eigenvalue weighted by molar-refractivity contribution is -0.166. The molecule has 1 N–H and O–H groups in total. The number of carbonyl (C=O) groups is 1. The Labute approximate surface area is 343 Å². The lowest BCUT2D eigenvalue weighted by Crippen LogP contribution is -2.39. The van der Waals surface area contributed by atoms with Gasteiger partial charge in [-0.3, -0.25) is 5.32 Å². The van der Waals surface area contributed by atoms with Crippen LogP contribution in [0.3, 0.4) is 0 Å². The molecular formula is C47H49N5O5S. The zero-order valence-electron chi connectivity index (χ0n) is 33.5. The Morgan fingerprint density at radius 3 is 2.02 bits per heavy atom. The first kappa shape index (κ1) is 38.4. The zero-order chi connectivity index (χ0) is 40.1. The van der Waals surface area contributed by atoms with Crippen molar-refractivity contribution in [2.75, 3.05) is 17.7 Å². The van der Waals surface area contributed by atoms with E-state index in [1.54, 1.807) is 11.8 Å². The number of nitrogens with zero attached hydrogens (tertiary/aromatic N) is 4. The van der Waals surface area contributed by atoms with Gasteiger partial charge in [-0.05, 0) is 75.6 Å². The van der Waals surface area contributed by atoms with Crippen molar-refractivity contribution >= 4 is 34.8 Å². The maximum atomic E-state index is 13.1. The molecule has 58 heavy (non-hydrogen) atoms. The fourth-order valence-electron chi connectivity index (χ4n) is 9.03. The maximum Gasteiger partial charge on any atom is 0.413 e. The van der Waals surface area contributed by atoms with E-state index in [4.69, 9.17) is 33.9 Å². The van der Waals surface area contributed by atoms with E-state index >= 15 is 0 Å². The van der Waals surface area contributed by atoms with Gasteiger partial charge >= 0.3 is 6.09 Å². The third-order valence-electron chi connectivity index (χ3n) is 11.5. The number of imidazole rings is 1. The van der Waals surface area contributed by atoms with Gasteiger partial charge in [-0.25, -0.2) is 19.7 Å². The largest absolute Gasteiger partial charge is 0.444 e. The lowest BCUT2D eigenvalue weighted by Gasteiger charge is -2.38. The maximum absolute atomic E-state index is 13.1. The standard InChI is InChI=1S/C47H49N5O5S/c1-44(2,3)57-43(53)50-40-36-41(51-42(49-40)58-27-26-31-18-10-6-11-19-31)52(30-48-36)37-35-28-46(35,39-38(37)55-45(4,5)56-39)29-54-47(32-20-12-7-13-21-32,33-22-14-8-15-23-33)34-24-16-9-17-25-34/h6-25,30,35,37-39H,26-29H2,1-5H3,(H,49,50,51,53)/t35-,37-,38+,39+,46+/m1/s1. The molecule has 0 bridgehead atoms. The first-order chi connectivity index (χ1) is 28.0. The molecule has 11 heteroatoms.